The van der Waals surface area contributed by atoms with Crippen LogP contribution < -0.4 is 15.0 Å². The number of hydrogen-bond acceptors (Lipinski definition) is 3. The van der Waals surface area contributed by atoms with Gasteiger partial charge in [-0.05, 0) is 24.6 Å². The molecule has 130 valence electrons. The van der Waals surface area contributed by atoms with E-state index in [0.29, 0.717) is 6.42 Å². The van der Waals surface area contributed by atoms with Crippen LogP contribution in [0, 0.1) is 0 Å². The van der Waals surface area contributed by atoms with Crippen LogP contribution in [0.4, 0.5) is 5.69 Å². The Bertz CT molecular complexity index is 803. The highest BCUT2D eigenvalue weighted by Crippen LogP contribution is 2.33. The van der Waals surface area contributed by atoms with E-state index in [2.05, 4.69) is 5.32 Å². The third-order valence-electron chi connectivity index (χ3n) is 4.58. The van der Waals surface area contributed by atoms with Crippen molar-refractivity contribution in [1.82, 2.24) is 5.32 Å². The number of rotatable bonds is 4. The Kier molecular flexibility index (Phi) is 4.74. The first kappa shape index (κ1) is 17.0. The molecule has 0 aliphatic carbocycles. The summed E-state index contributed by atoms with van der Waals surface area (Å²) in [5.74, 6) is 0.438. The Hall–Kier alpha value is -2.82. The summed E-state index contributed by atoms with van der Waals surface area (Å²) in [6.45, 7) is 3.40. The Morgan fingerprint density at radius 1 is 1.16 bits per heavy atom. The maximum atomic E-state index is 12.9. The molecule has 1 aliphatic rings. The zero-order valence-electron chi connectivity index (χ0n) is 14.7. The smallest absolute Gasteiger partial charge is 0.244 e. The highest BCUT2D eigenvalue weighted by molar-refractivity contribution is 6.02. The molecule has 0 aromatic heterocycles. The average molecular weight is 338 g/mol. The van der Waals surface area contributed by atoms with Crippen LogP contribution in [0.1, 0.15) is 31.0 Å². The number of fused-ring (bicyclic) bond motifs is 1. The average Bonchev–Trinajstić information content (AvgIpc) is 3.01. The van der Waals surface area contributed by atoms with Crippen LogP contribution in [0.2, 0.25) is 0 Å². The third-order valence-corrected chi connectivity index (χ3v) is 4.58. The molecular weight excluding hydrogens is 316 g/mol. The van der Waals surface area contributed by atoms with Gasteiger partial charge in [0.05, 0.1) is 13.2 Å². The topological polar surface area (TPSA) is 58.6 Å². The molecule has 0 saturated heterocycles. The normalized spacial score (nSPS) is 16.9. The van der Waals surface area contributed by atoms with Crippen LogP contribution >= 0.6 is 0 Å². The summed E-state index contributed by atoms with van der Waals surface area (Å²) in [7, 11) is 1.61. The Morgan fingerprint density at radius 2 is 1.84 bits per heavy atom. The van der Waals surface area contributed by atoms with Crippen LogP contribution in [0.3, 0.4) is 0 Å². The van der Waals surface area contributed by atoms with Crippen LogP contribution in [0.5, 0.6) is 5.75 Å². The lowest BCUT2D eigenvalue weighted by molar-refractivity contribution is -0.126. The molecule has 2 amide bonds. The molecule has 1 N–H and O–H groups in total. The van der Waals surface area contributed by atoms with E-state index in [4.69, 9.17) is 4.74 Å². The van der Waals surface area contributed by atoms with Gasteiger partial charge in [-0.3, -0.25) is 14.5 Å². The van der Waals surface area contributed by atoms with Crippen molar-refractivity contribution in [3.8, 4) is 5.75 Å². The van der Waals surface area contributed by atoms with Crippen LogP contribution in [0.15, 0.2) is 48.5 Å². The number of amides is 2. The zero-order valence-corrected chi connectivity index (χ0v) is 14.7. The standard InChI is InChI=1S/C20H22N2O3/c1-13(16-9-5-7-11-19(16)25-3)21-20(24)18-12-15-8-4-6-10-17(15)22(18)14(2)23/h4-11,13,18H,12H2,1-3H3,(H,21,24)/t13?,18-/m0/s1. The van der Waals surface area contributed by atoms with E-state index in [1.165, 1.54) is 6.92 Å². The summed E-state index contributed by atoms with van der Waals surface area (Å²) in [6, 6.07) is 14.5. The van der Waals surface area contributed by atoms with Crippen molar-refractivity contribution >= 4 is 17.5 Å². The summed E-state index contributed by atoms with van der Waals surface area (Å²) < 4.78 is 5.37. The number of anilines is 1. The maximum Gasteiger partial charge on any atom is 0.244 e. The molecule has 1 unspecified atom stereocenters. The molecule has 0 fully saturated rings. The van der Waals surface area contributed by atoms with E-state index in [1.54, 1.807) is 12.0 Å². The molecule has 1 aliphatic heterocycles. The second kappa shape index (κ2) is 6.97. The molecule has 0 radical (unpaired) electrons. The summed E-state index contributed by atoms with van der Waals surface area (Å²) in [4.78, 5) is 26.6. The van der Waals surface area contributed by atoms with Gasteiger partial charge in [0.25, 0.3) is 0 Å². The van der Waals surface area contributed by atoms with E-state index in [-0.39, 0.29) is 17.9 Å². The van der Waals surface area contributed by atoms with Crippen molar-refractivity contribution < 1.29 is 14.3 Å². The Balaban J connectivity index is 1.80. The predicted molar refractivity (Wildman–Crippen MR) is 96.6 cm³/mol. The fourth-order valence-corrected chi connectivity index (χ4v) is 3.40. The number of carbonyl (C=O) groups is 2. The lowest BCUT2D eigenvalue weighted by Gasteiger charge is -2.25. The van der Waals surface area contributed by atoms with Gasteiger partial charge in [0.2, 0.25) is 11.8 Å². The van der Waals surface area contributed by atoms with E-state index in [1.807, 2.05) is 55.5 Å². The summed E-state index contributed by atoms with van der Waals surface area (Å²) in [6.07, 6.45) is 0.528. The summed E-state index contributed by atoms with van der Waals surface area (Å²) in [5.41, 5.74) is 2.74. The SMILES string of the molecule is COc1ccccc1C(C)NC(=O)[C@@H]1Cc2ccccc2N1C(C)=O. The second-order valence-electron chi connectivity index (χ2n) is 6.21. The quantitative estimate of drug-likeness (QED) is 0.932. The van der Waals surface area contributed by atoms with Crippen molar-refractivity contribution in [3.63, 3.8) is 0 Å². The van der Waals surface area contributed by atoms with Crippen LogP contribution in [-0.2, 0) is 16.0 Å². The number of methoxy groups -OCH3 is 1. The lowest BCUT2D eigenvalue weighted by Crippen LogP contribution is -2.47. The summed E-state index contributed by atoms with van der Waals surface area (Å²) in [5, 5.41) is 3.02. The third kappa shape index (κ3) is 3.22. The van der Waals surface area contributed by atoms with Gasteiger partial charge in [-0.15, -0.1) is 0 Å². The van der Waals surface area contributed by atoms with Crippen molar-refractivity contribution in [2.45, 2.75) is 32.4 Å². The molecule has 5 heteroatoms. The van der Waals surface area contributed by atoms with Gasteiger partial charge in [-0.1, -0.05) is 36.4 Å². The second-order valence-corrected chi connectivity index (χ2v) is 6.21. The van der Waals surface area contributed by atoms with Crippen molar-refractivity contribution in [2.24, 2.45) is 0 Å². The zero-order chi connectivity index (χ0) is 18.0. The number of benzene rings is 2. The molecule has 2 atom stereocenters. The minimum absolute atomic E-state index is 0.130. The molecule has 5 nitrogen and oxygen atoms in total. The monoisotopic (exact) mass is 338 g/mol. The highest BCUT2D eigenvalue weighted by Gasteiger charge is 2.37. The van der Waals surface area contributed by atoms with Crippen molar-refractivity contribution in [1.29, 1.82) is 0 Å². The van der Waals surface area contributed by atoms with Crippen LogP contribution in [-0.4, -0.2) is 25.0 Å². The first-order chi connectivity index (χ1) is 12.0. The molecule has 0 saturated carbocycles. The van der Waals surface area contributed by atoms with E-state index in [9.17, 15) is 9.59 Å². The number of hydrogen-bond donors (Lipinski definition) is 1. The van der Waals surface area contributed by atoms with Gasteiger partial charge in [0.1, 0.15) is 11.8 Å². The van der Waals surface area contributed by atoms with Crippen LogP contribution in [0.25, 0.3) is 0 Å². The van der Waals surface area contributed by atoms with Gasteiger partial charge in [-0.25, -0.2) is 0 Å². The minimum Gasteiger partial charge on any atom is -0.496 e. The fraction of sp³-hybridized carbons (Fsp3) is 0.300. The molecule has 1 heterocycles. The predicted octanol–water partition coefficient (Wildman–Crippen LogP) is 2.85. The van der Waals surface area contributed by atoms with Crippen molar-refractivity contribution in [2.75, 3.05) is 12.0 Å². The van der Waals surface area contributed by atoms with Gasteiger partial charge in [0, 0.05) is 24.6 Å². The first-order valence-electron chi connectivity index (χ1n) is 8.34. The fourth-order valence-electron chi connectivity index (χ4n) is 3.40. The largest absolute Gasteiger partial charge is 0.496 e. The molecule has 0 spiro atoms. The van der Waals surface area contributed by atoms with Gasteiger partial charge >= 0.3 is 0 Å². The molecule has 3 rings (SSSR count). The molecule has 25 heavy (non-hydrogen) atoms. The van der Waals surface area contributed by atoms with Crippen molar-refractivity contribution in [3.05, 3.63) is 59.7 Å². The first-order valence-corrected chi connectivity index (χ1v) is 8.34. The Labute approximate surface area is 147 Å². The lowest BCUT2D eigenvalue weighted by atomic mass is 10.1. The van der Waals surface area contributed by atoms with Gasteiger partial charge in [-0.2, -0.15) is 0 Å². The van der Waals surface area contributed by atoms with E-state index < -0.39 is 6.04 Å². The van der Waals surface area contributed by atoms with Gasteiger partial charge < -0.3 is 10.1 Å². The minimum atomic E-state index is -0.521. The molecule has 0 bridgehead atoms. The van der Waals surface area contributed by atoms with E-state index in [0.717, 1.165) is 22.6 Å². The maximum absolute atomic E-state index is 12.9. The number of para-hydroxylation sites is 2. The Morgan fingerprint density at radius 3 is 2.56 bits per heavy atom. The highest BCUT2D eigenvalue weighted by atomic mass is 16.5. The molecule has 2 aromatic rings. The molecule has 2 aromatic carbocycles. The number of carbonyl (C=O) groups excluding carboxylic acids is 2. The number of ether oxygens (including phenoxy) is 1. The summed E-state index contributed by atoms with van der Waals surface area (Å²) >= 11 is 0. The van der Waals surface area contributed by atoms with Gasteiger partial charge in [0.15, 0.2) is 0 Å². The van der Waals surface area contributed by atoms with E-state index >= 15 is 0 Å². The number of nitrogens with zero attached hydrogens (tertiary/aromatic N) is 1. The number of nitrogens with one attached hydrogen (secondary N) is 1. The molecular formula is C20H22N2O3.